The monoisotopic (exact) mass is 266 g/mol. The fourth-order valence-corrected chi connectivity index (χ4v) is 1.89. The topological polar surface area (TPSA) is 41.1 Å². The molecule has 106 valence electrons. The minimum absolute atomic E-state index is 0.101. The highest BCUT2D eigenvalue weighted by Gasteiger charge is 2.09. The molecule has 0 aliphatic carbocycles. The predicted molar refractivity (Wildman–Crippen MR) is 76.8 cm³/mol. The summed E-state index contributed by atoms with van der Waals surface area (Å²) in [6, 6.07) is 5.89. The van der Waals surface area contributed by atoms with Gasteiger partial charge in [0.2, 0.25) is 0 Å². The van der Waals surface area contributed by atoms with Gasteiger partial charge in [-0.3, -0.25) is 0 Å². The molecule has 0 aromatic heterocycles. The number of carbonyl (C=O) groups excluding carboxylic acids is 1. The number of para-hydroxylation sites is 1. The smallest absolute Gasteiger partial charge is 0.319 e. The van der Waals surface area contributed by atoms with Gasteiger partial charge in [0.1, 0.15) is 5.82 Å². The molecule has 2 amide bonds. The molecule has 0 bridgehead atoms. The molecule has 19 heavy (non-hydrogen) atoms. The third kappa shape index (κ3) is 6.22. The minimum Gasteiger partial charge on any atom is -0.335 e. The van der Waals surface area contributed by atoms with Gasteiger partial charge in [0.15, 0.2) is 0 Å². The van der Waals surface area contributed by atoms with Gasteiger partial charge >= 0.3 is 6.03 Å². The third-order valence-electron chi connectivity index (χ3n) is 2.99. The molecular formula is C15H23FN2O. The largest absolute Gasteiger partial charge is 0.335 e. The standard InChI is InChI=1S/C15H23FN2O/c1-3-4-5-6-9-12(2)17-15(19)18-14-11-8-7-10-13(14)16/h7-8,10-12H,3-6,9H2,1-2H3,(H2,17,18,19). The second-order valence-corrected chi connectivity index (χ2v) is 4.83. The zero-order chi connectivity index (χ0) is 14.1. The number of hydrogen-bond donors (Lipinski definition) is 2. The zero-order valence-electron chi connectivity index (χ0n) is 11.7. The molecule has 0 fully saturated rings. The maximum atomic E-state index is 13.3. The van der Waals surface area contributed by atoms with E-state index in [0.29, 0.717) is 0 Å². The molecule has 4 heteroatoms. The first-order valence-corrected chi connectivity index (χ1v) is 6.95. The lowest BCUT2D eigenvalue weighted by molar-refractivity contribution is 0.248. The normalized spacial score (nSPS) is 11.9. The van der Waals surface area contributed by atoms with Crippen molar-refractivity contribution in [1.29, 1.82) is 0 Å². The Morgan fingerprint density at radius 1 is 1.26 bits per heavy atom. The number of nitrogens with one attached hydrogen (secondary N) is 2. The fourth-order valence-electron chi connectivity index (χ4n) is 1.89. The Kier molecular flexibility index (Phi) is 6.93. The average Bonchev–Trinajstić information content (AvgIpc) is 2.37. The van der Waals surface area contributed by atoms with Crippen LogP contribution in [-0.2, 0) is 0 Å². The molecule has 0 heterocycles. The number of amides is 2. The van der Waals surface area contributed by atoms with Gasteiger partial charge in [-0.2, -0.15) is 0 Å². The summed E-state index contributed by atoms with van der Waals surface area (Å²) in [4.78, 5) is 11.7. The number of benzene rings is 1. The van der Waals surface area contributed by atoms with Gasteiger partial charge in [0, 0.05) is 6.04 Å². The van der Waals surface area contributed by atoms with Gasteiger partial charge in [0.05, 0.1) is 5.69 Å². The van der Waals surface area contributed by atoms with Crippen molar-refractivity contribution < 1.29 is 9.18 Å². The van der Waals surface area contributed by atoms with E-state index in [9.17, 15) is 9.18 Å². The maximum absolute atomic E-state index is 13.3. The molecule has 0 spiro atoms. The number of anilines is 1. The Balaban J connectivity index is 2.29. The van der Waals surface area contributed by atoms with E-state index in [-0.39, 0.29) is 17.8 Å². The molecule has 3 nitrogen and oxygen atoms in total. The molecule has 1 unspecified atom stereocenters. The fraction of sp³-hybridized carbons (Fsp3) is 0.533. The van der Waals surface area contributed by atoms with Crippen molar-refractivity contribution in [3.05, 3.63) is 30.1 Å². The molecule has 1 rings (SSSR count). The third-order valence-corrected chi connectivity index (χ3v) is 2.99. The first-order valence-electron chi connectivity index (χ1n) is 6.95. The summed E-state index contributed by atoms with van der Waals surface area (Å²) >= 11 is 0. The van der Waals surface area contributed by atoms with Crippen molar-refractivity contribution in [1.82, 2.24) is 5.32 Å². The molecule has 1 aromatic carbocycles. The van der Waals surface area contributed by atoms with Crippen molar-refractivity contribution in [2.45, 2.75) is 52.0 Å². The summed E-state index contributed by atoms with van der Waals surface area (Å²) < 4.78 is 13.3. The molecule has 0 aliphatic heterocycles. The summed E-state index contributed by atoms with van der Waals surface area (Å²) in [5.74, 6) is -0.423. The van der Waals surface area contributed by atoms with Crippen LogP contribution in [0.1, 0.15) is 46.0 Å². The highest BCUT2D eigenvalue weighted by Crippen LogP contribution is 2.12. The molecule has 0 saturated carbocycles. The van der Waals surface area contributed by atoms with E-state index in [1.165, 1.54) is 25.3 Å². The van der Waals surface area contributed by atoms with Crippen LogP contribution in [0.15, 0.2) is 24.3 Å². The second-order valence-electron chi connectivity index (χ2n) is 4.83. The van der Waals surface area contributed by atoms with Crippen LogP contribution < -0.4 is 10.6 Å². The average molecular weight is 266 g/mol. The quantitative estimate of drug-likeness (QED) is 0.709. The van der Waals surface area contributed by atoms with Crippen LogP contribution in [0.4, 0.5) is 14.9 Å². The van der Waals surface area contributed by atoms with Gasteiger partial charge < -0.3 is 10.6 Å². The van der Waals surface area contributed by atoms with Crippen LogP contribution in [0.25, 0.3) is 0 Å². The SMILES string of the molecule is CCCCCCC(C)NC(=O)Nc1ccccc1F. The lowest BCUT2D eigenvalue weighted by Crippen LogP contribution is -2.36. The summed E-state index contributed by atoms with van der Waals surface area (Å²) in [7, 11) is 0. The van der Waals surface area contributed by atoms with Crippen LogP contribution in [0, 0.1) is 5.82 Å². The van der Waals surface area contributed by atoms with Crippen molar-refractivity contribution in [2.75, 3.05) is 5.32 Å². The summed E-state index contributed by atoms with van der Waals surface area (Å²) in [5, 5.41) is 5.33. The van der Waals surface area contributed by atoms with E-state index < -0.39 is 5.82 Å². The van der Waals surface area contributed by atoms with Gasteiger partial charge in [-0.25, -0.2) is 9.18 Å². The summed E-state index contributed by atoms with van der Waals surface area (Å²) in [6.07, 6.45) is 5.68. The lowest BCUT2D eigenvalue weighted by Gasteiger charge is -2.14. The van der Waals surface area contributed by atoms with Gasteiger partial charge in [0.25, 0.3) is 0 Å². The molecular weight excluding hydrogens is 243 g/mol. The van der Waals surface area contributed by atoms with Crippen LogP contribution in [0.5, 0.6) is 0 Å². The highest BCUT2D eigenvalue weighted by atomic mass is 19.1. The van der Waals surface area contributed by atoms with Crippen LogP contribution in [0.2, 0.25) is 0 Å². The summed E-state index contributed by atoms with van der Waals surface area (Å²) in [5.41, 5.74) is 0.207. The molecule has 0 saturated heterocycles. The van der Waals surface area contributed by atoms with E-state index in [1.54, 1.807) is 18.2 Å². The number of carbonyl (C=O) groups is 1. The van der Waals surface area contributed by atoms with Crippen LogP contribution in [-0.4, -0.2) is 12.1 Å². The molecule has 1 atom stereocenters. The Hall–Kier alpha value is -1.58. The van der Waals surface area contributed by atoms with Crippen LogP contribution in [0.3, 0.4) is 0 Å². The number of urea groups is 1. The Bertz CT molecular complexity index is 395. The van der Waals surface area contributed by atoms with Crippen LogP contribution >= 0.6 is 0 Å². The van der Waals surface area contributed by atoms with Gasteiger partial charge in [-0.1, -0.05) is 44.7 Å². The summed E-state index contributed by atoms with van der Waals surface area (Å²) in [6.45, 7) is 4.14. The number of hydrogen-bond acceptors (Lipinski definition) is 1. The van der Waals surface area contributed by atoms with E-state index in [4.69, 9.17) is 0 Å². The van der Waals surface area contributed by atoms with E-state index in [2.05, 4.69) is 17.6 Å². The van der Waals surface area contributed by atoms with Gasteiger partial charge in [-0.15, -0.1) is 0 Å². The van der Waals surface area contributed by atoms with E-state index in [1.807, 2.05) is 6.92 Å². The van der Waals surface area contributed by atoms with Crippen molar-refractivity contribution in [2.24, 2.45) is 0 Å². The highest BCUT2D eigenvalue weighted by molar-refractivity contribution is 5.89. The predicted octanol–water partition coefficient (Wildman–Crippen LogP) is 4.31. The van der Waals surface area contributed by atoms with Crippen molar-refractivity contribution >= 4 is 11.7 Å². The minimum atomic E-state index is -0.423. The number of rotatable bonds is 7. The van der Waals surface area contributed by atoms with Crippen molar-refractivity contribution in [3.63, 3.8) is 0 Å². The van der Waals surface area contributed by atoms with Crippen molar-refractivity contribution in [3.8, 4) is 0 Å². The Labute approximate surface area is 114 Å². The first kappa shape index (κ1) is 15.5. The first-order chi connectivity index (χ1) is 9.13. The molecule has 1 aromatic rings. The number of unbranched alkanes of at least 4 members (excludes halogenated alkanes) is 3. The Morgan fingerprint density at radius 3 is 2.68 bits per heavy atom. The zero-order valence-corrected chi connectivity index (χ0v) is 11.7. The lowest BCUT2D eigenvalue weighted by atomic mass is 10.1. The maximum Gasteiger partial charge on any atom is 0.319 e. The second kappa shape index (κ2) is 8.51. The van der Waals surface area contributed by atoms with E-state index >= 15 is 0 Å². The number of halogens is 1. The molecule has 2 N–H and O–H groups in total. The Morgan fingerprint density at radius 2 is 2.00 bits per heavy atom. The van der Waals surface area contributed by atoms with Gasteiger partial charge in [-0.05, 0) is 25.5 Å². The molecule has 0 radical (unpaired) electrons. The molecule has 0 aliphatic rings. The van der Waals surface area contributed by atoms with E-state index in [0.717, 1.165) is 12.8 Å².